The molecule has 1 N–H and O–H groups in total. The molecule has 1 aliphatic rings. The maximum Gasteiger partial charge on any atom is 0.0864 e. The first kappa shape index (κ1) is 14.0. The summed E-state index contributed by atoms with van der Waals surface area (Å²) < 4.78 is 9.12. The van der Waals surface area contributed by atoms with Gasteiger partial charge in [-0.1, -0.05) is 6.92 Å². The summed E-state index contributed by atoms with van der Waals surface area (Å²) in [6.45, 7) is 6.15. The number of likely N-dealkylation sites (N-methyl/N-ethyl adjacent to an activating group) is 1. The van der Waals surface area contributed by atoms with Gasteiger partial charge in [-0.25, -0.2) is 0 Å². The maximum atomic E-state index is 5.98. The Morgan fingerprint density at radius 2 is 2.44 bits per heavy atom. The van der Waals surface area contributed by atoms with Crippen molar-refractivity contribution in [1.82, 2.24) is 15.1 Å². The fourth-order valence-corrected chi connectivity index (χ4v) is 3.33. The molecule has 2 rings (SSSR count). The molecule has 1 saturated heterocycles. The van der Waals surface area contributed by atoms with Gasteiger partial charge in [0, 0.05) is 13.2 Å². The van der Waals surface area contributed by atoms with E-state index in [1.54, 1.807) is 0 Å². The summed E-state index contributed by atoms with van der Waals surface area (Å²) in [6, 6.07) is 0.170. The molecule has 0 bridgehead atoms. The van der Waals surface area contributed by atoms with E-state index in [0.717, 1.165) is 36.9 Å². The number of aryl methyl sites for hydroxylation is 1. The lowest BCUT2D eigenvalue weighted by molar-refractivity contribution is -0.0130. The summed E-state index contributed by atoms with van der Waals surface area (Å²) in [6.07, 6.45) is 5.18. The fourth-order valence-electron chi connectivity index (χ4n) is 2.81. The quantitative estimate of drug-likeness (QED) is 0.908. The number of hydrogen-bond donors (Lipinski definition) is 1. The summed E-state index contributed by atoms with van der Waals surface area (Å²) in [5.41, 5.74) is 1.06. The summed E-state index contributed by atoms with van der Waals surface area (Å²) in [4.78, 5) is 0. The van der Waals surface area contributed by atoms with Crippen LogP contribution >= 0.6 is 15.9 Å². The summed E-state index contributed by atoms with van der Waals surface area (Å²) >= 11 is 3.62. The number of rotatable bonds is 5. The van der Waals surface area contributed by atoms with E-state index in [-0.39, 0.29) is 11.6 Å². The molecule has 0 spiro atoms. The highest BCUT2D eigenvalue weighted by Gasteiger charge is 2.41. The lowest BCUT2D eigenvalue weighted by Gasteiger charge is -2.33. The Labute approximate surface area is 117 Å². The molecule has 1 aliphatic heterocycles. The van der Waals surface area contributed by atoms with Gasteiger partial charge in [0.05, 0.1) is 28.0 Å². The minimum absolute atomic E-state index is 0.136. The maximum absolute atomic E-state index is 5.98. The van der Waals surface area contributed by atoms with Crippen molar-refractivity contribution in [2.45, 2.75) is 51.3 Å². The molecule has 102 valence electrons. The predicted molar refractivity (Wildman–Crippen MR) is 75.6 cm³/mol. The highest BCUT2D eigenvalue weighted by atomic mass is 79.9. The van der Waals surface area contributed by atoms with E-state index < -0.39 is 0 Å². The van der Waals surface area contributed by atoms with Crippen LogP contribution in [0.25, 0.3) is 0 Å². The van der Waals surface area contributed by atoms with Crippen molar-refractivity contribution in [1.29, 1.82) is 0 Å². The molecular weight excluding hydrogens is 294 g/mol. The topological polar surface area (TPSA) is 39.1 Å². The van der Waals surface area contributed by atoms with E-state index >= 15 is 0 Å². The Morgan fingerprint density at radius 1 is 1.67 bits per heavy atom. The molecule has 0 aromatic carbocycles. The molecule has 0 aliphatic carbocycles. The summed E-state index contributed by atoms with van der Waals surface area (Å²) in [5, 5.41) is 7.86. The van der Waals surface area contributed by atoms with Crippen LogP contribution in [0.4, 0.5) is 0 Å². The van der Waals surface area contributed by atoms with Gasteiger partial charge in [0.2, 0.25) is 0 Å². The number of ether oxygens (including phenoxy) is 1. The van der Waals surface area contributed by atoms with E-state index in [4.69, 9.17) is 4.74 Å². The minimum Gasteiger partial charge on any atom is -0.373 e. The molecule has 0 radical (unpaired) electrons. The second-order valence-corrected chi connectivity index (χ2v) is 5.94. The van der Waals surface area contributed by atoms with E-state index in [0.29, 0.717) is 0 Å². The summed E-state index contributed by atoms with van der Waals surface area (Å²) in [5.74, 6) is 0. The molecule has 1 aromatic heterocycles. The SMILES string of the molecule is CCCn1ncc(Br)c1C(NC)C1(C)CCCO1. The zero-order valence-electron chi connectivity index (χ0n) is 11.4. The monoisotopic (exact) mass is 315 g/mol. The molecule has 2 unspecified atom stereocenters. The van der Waals surface area contributed by atoms with Crippen LogP contribution in [0.1, 0.15) is 44.8 Å². The van der Waals surface area contributed by atoms with Crippen molar-refractivity contribution in [3.05, 3.63) is 16.4 Å². The standard InChI is InChI=1S/C13H22BrN3O/c1-4-7-17-11(10(14)9-16-17)12(15-3)13(2)6-5-8-18-13/h9,12,15H,4-8H2,1-3H3. The van der Waals surface area contributed by atoms with Crippen LogP contribution in [0.3, 0.4) is 0 Å². The van der Waals surface area contributed by atoms with Crippen molar-refractivity contribution in [3.8, 4) is 0 Å². The molecule has 18 heavy (non-hydrogen) atoms. The molecule has 5 heteroatoms. The van der Waals surface area contributed by atoms with Gasteiger partial charge in [0.15, 0.2) is 0 Å². The van der Waals surface area contributed by atoms with Gasteiger partial charge < -0.3 is 10.1 Å². The smallest absolute Gasteiger partial charge is 0.0864 e. The zero-order valence-corrected chi connectivity index (χ0v) is 13.0. The number of hydrogen-bond acceptors (Lipinski definition) is 3. The number of nitrogens with one attached hydrogen (secondary N) is 1. The average Bonchev–Trinajstić information content (AvgIpc) is 2.92. The molecule has 2 atom stereocenters. The van der Waals surface area contributed by atoms with Gasteiger partial charge in [-0.05, 0) is 49.2 Å². The van der Waals surface area contributed by atoms with Gasteiger partial charge in [-0.2, -0.15) is 5.10 Å². The molecule has 2 heterocycles. The summed E-state index contributed by atoms with van der Waals surface area (Å²) in [7, 11) is 1.99. The third-order valence-electron chi connectivity index (χ3n) is 3.69. The first-order valence-corrected chi connectivity index (χ1v) is 7.44. The zero-order chi connectivity index (χ0) is 13.2. The molecule has 1 aromatic rings. The van der Waals surface area contributed by atoms with Crippen LogP contribution in [-0.2, 0) is 11.3 Å². The first-order chi connectivity index (χ1) is 8.62. The van der Waals surface area contributed by atoms with Crippen LogP contribution < -0.4 is 5.32 Å². The van der Waals surface area contributed by atoms with Gasteiger partial charge in [0.25, 0.3) is 0 Å². The molecular formula is C13H22BrN3O. The Hall–Kier alpha value is -0.390. The van der Waals surface area contributed by atoms with Crippen LogP contribution in [0, 0.1) is 0 Å². The molecule has 0 saturated carbocycles. The highest BCUT2D eigenvalue weighted by molar-refractivity contribution is 9.10. The van der Waals surface area contributed by atoms with E-state index in [9.17, 15) is 0 Å². The predicted octanol–water partition coefficient (Wildman–Crippen LogP) is 2.89. The van der Waals surface area contributed by atoms with E-state index in [2.05, 4.69) is 44.9 Å². The van der Waals surface area contributed by atoms with Gasteiger partial charge in [0.1, 0.15) is 0 Å². The van der Waals surface area contributed by atoms with Crippen molar-refractivity contribution in [2.75, 3.05) is 13.7 Å². The lowest BCUT2D eigenvalue weighted by Crippen LogP contribution is -2.41. The average molecular weight is 316 g/mol. The normalized spacial score (nSPS) is 25.6. The third kappa shape index (κ3) is 2.49. The number of halogens is 1. The van der Waals surface area contributed by atoms with E-state index in [1.165, 1.54) is 5.69 Å². The fraction of sp³-hybridized carbons (Fsp3) is 0.769. The van der Waals surface area contributed by atoms with Gasteiger partial charge in [-0.3, -0.25) is 4.68 Å². The van der Waals surface area contributed by atoms with E-state index in [1.807, 2.05) is 13.2 Å². The highest BCUT2D eigenvalue weighted by Crippen LogP contribution is 2.39. The second-order valence-electron chi connectivity index (χ2n) is 5.09. The van der Waals surface area contributed by atoms with Crippen LogP contribution in [0.2, 0.25) is 0 Å². The molecule has 1 fully saturated rings. The second kappa shape index (κ2) is 5.72. The van der Waals surface area contributed by atoms with Crippen LogP contribution in [0.5, 0.6) is 0 Å². The molecule has 4 nitrogen and oxygen atoms in total. The van der Waals surface area contributed by atoms with Crippen LogP contribution in [-0.4, -0.2) is 29.0 Å². The third-order valence-corrected chi connectivity index (χ3v) is 4.30. The van der Waals surface area contributed by atoms with Crippen LogP contribution in [0.15, 0.2) is 10.7 Å². The number of nitrogens with zero attached hydrogens (tertiary/aromatic N) is 2. The molecule has 0 amide bonds. The largest absolute Gasteiger partial charge is 0.373 e. The van der Waals surface area contributed by atoms with Crippen molar-refractivity contribution in [3.63, 3.8) is 0 Å². The van der Waals surface area contributed by atoms with Crippen molar-refractivity contribution < 1.29 is 4.74 Å². The number of aromatic nitrogens is 2. The van der Waals surface area contributed by atoms with Gasteiger partial charge in [-0.15, -0.1) is 0 Å². The van der Waals surface area contributed by atoms with Crippen molar-refractivity contribution in [2.24, 2.45) is 0 Å². The Morgan fingerprint density at radius 3 is 3.00 bits per heavy atom. The van der Waals surface area contributed by atoms with Gasteiger partial charge >= 0.3 is 0 Å². The first-order valence-electron chi connectivity index (χ1n) is 6.65. The minimum atomic E-state index is -0.136. The Kier molecular flexibility index (Phi) is 4.45. The lowest BCUT2D eigenvalue weighted by atomic mass is 9.90. The Bertz CT molecular complexity index is 399. The Balaban J connectivity index is 2.34. The van der Waals surface area contributed by atoms with Crippen molar-refractivity contribution >= 4 is 15.9 Å².